The third kappa shape index (κ3) is 10.7. The van der Waals surface area contributed by atoms with Gasteiger partial charge in [0.05, 0.1) is 0 Å². The Morgan fingerprint density at radius 1 is 0.957 bits per heavy atom. The van der Waals surface area contributed by atoms with Gasteiger partial charge in [-0.15, -0.1) is 0 Å². The van der Waals surface area contributed by atoms with Gasteiger partial charge in [0, 0.05) is 37.9 Å². The number of benzene rings is 1. The molecule has 1 rings (SSSR count). The first kappa shape index (κ1) is 20.3. The van der Waals surface area contributed by atoms with Crippen molar-refractivity contribution in [2.75, 3.05) is 32.1 Å². The third-order valence-corrected chi connectivity index (χ3v) is 2.59. The number of likely N-dealkylation sites (N-methyl/N-ethyl adjacent to an activating group) is 1. The zero-order valence-electron chi connectivity index (χ0n) is 13.5. The van der Waals surface area contributed by atoms with Crippen LogP contribution in [0.4, 0.5) is 5.69 Å². The van der Waals surface area contributed by atoms with Crippen LogP contribution in [-0.4, -0.2) is 60.1 Å². The van der Waals surface area contributed by atoms with Gasteiger partial charge in [0.1, 0.15) is 0 Å². The highest BCUT2D eigenvalue weighted by molar-refractivity contribution is 5.91. The topological polar surface area (TPSA) is 98.2 Å². The van der Waals surface area contributed by atoms with E-state index in [1.165, 1.54) is 0 Å². The highest BCUT2D eigenvalue weighted by atomic mass is 16.4. The summed E-state index contributed by atoms with van der Waals surface area (Å²) in [4.78, 5) is 34.4. The number of aliphatic carboxylic acids is 2. The molecular weight excluding hydrogens is 300 g/mol. The van der Waals surface area contributed by atoms with Crippen LogP contribution < -0.4 is 4.90 Å². The predicted molar refractivity (Wildman–Crippen MR) is 87.4 cm³/mol. The first-order valence-corrected chi connectivity index (χ1v) is 6.86. The van der Waals surface area contributed by atoms with Crippen molar-refractivity contribution < 1.29 is 24.6 Å². The summed E-state index contributed by atoms with van der Waals surface area (Å²) >= 11 is 0. The van der Waals surface area contributed by atoms with E-state index in [-0.39, 0.29) is 5.91 Å². The van der Waals surface area contributed by atoms with Crippen molar-refractivity contribution in [3.8, 4) is 0 Å². The van der Waals surface area contributed by atoms with Crippen LogP contribution in [-0.2, 0) is 14.4 Å². The zero-order chi connectivity index (χ0) is 17.8. The van der Waals surface area contributed by atoms with E-state index >= 15 is 0 Å². The average Bonchev–Trinajstić information content (AvgIpc) is 2.46. The number of anilines is 1. The van der Waals surface area contributed by atoms with Crippen molar-refractivity contribution in [3.63, 3.8) is 0 Å². The first-order valence-electron chi connectivity index (χ1n) is 6.86. The highest BCUT2D eigenvalue weighted by Gasteiger charge is 2.10. The largest absolute Gasteiger partial charge is 0.478 e. The molecule has 0 aromatic heterocycles. The van der Waals surface area contributed by atoms with Gasteiger partial charge < -0.3 is 20.0 Å². The Kier molecular flexibility index (Phi) is 9.70. The Labute approximate surface area is 135 Å². The summed E-state index contributed by atoms with van der Waals surface area (Å²) in [6.07, 6.45) is 1.12. The Balaban J connectivity index is 0.000000515. The molecule has 1 amide bonds. The molecule has 7 nitrogen and oxygen atoms in total. The molecule has 0 unspecified atom stereocenters. The molecule has 0 saturated carbocycles. The number of amides is 1. The van der Waals surface area contributed by atoms with Gasteiger partial charge in [0.25, 0.3) is 0 Å². The van der Waals surface area contributed by atoms with E-state index in [1.54, 1.807) is 11.8 Å². The Bertz CT molecular complexity index is 525. The summed E-state index contributed by atoms with van der Waals surface area (Å²) in [5.41, 5.74) is 0.965. The van der Waals surface area contributed by atoms with Crippen LogP contribution in [0.1, 0.15) is 6.92 Å². The van der Waals surface area contributed by atoms with Crippen LogP contribution >= 0.6 is 0 Å². The molecule has 7 heteroatoms. The van der Waals surface area contributed by atoms with Crippen molar-refractivity contribution in [1.29, 1.82) is 0 Å². The van der Waals surface area contributed by atoms with E-state index in [2.05, 4.69) is 4.90 Å². The summed E-state index contributed by atoms with van der Waals surface area (Å²) in [6, 6.07) is 9.75. The molecule has 23 heavy (non-hydrogen) atoms. The van der Waals surface area contributed by atoms with Gasteiger partial charge in [0.2, 0.25) is 5.91 Å². The second-order valence-electron chi connectivity index (χ2n) is 4.82. The molecular formula is C16H22N2O5. The standard InChI is InChI=1S/C12H18N2O.C4H4O4/c1-11(15)14(10-9-13(2)3)12-7-5-4-6-8-12;5-3(6)1-2-4(7)8/h4-8H,9-10H2,1-3H3;1-2H,(H,5,6)(H,7,8)/b;2-1+. The van der Waals surface area contributed by atoms with Crippen LogP contribution in [0.5, 0.6) is 0 Å². The summed E-state index contributed by atoms with van der Waals surface area (Å²) in [5.74, 6) is -2.43. The summed E-state index contributed by atoms with van der Waals surface area (Å²) < 4.78 is 0. The van der Waals surface area contributed by atoms with Gasteiger partial charge in [-0.3, -0.25) is 4.79 Å². The van der Waals surface area contributed by atoms with Gasteiger partial charge in [-0.25, -0.2) is 9.59 Å². The molecule has 0 atom stereocenters. The van der Waals surface area contributed by atoms with Crippen LogP contribution in [0.3, 0.4) is 0 Å². The second kappa shape index (κ2) is 11.0. The molecule has 0 spiro atoms. The number of nitrogens with zero attached hydrogens (tertiary/aromatic N) is 2. The molecule has 0 aliphatic carbocycles. The Hall–Kier alpha value is -2.67. The van der Waals surface area contributed by atoms with E-state index in [4.69, 9.17) is 10.2 Å². The van der Waals surface area contributed by atoms with Crippen LogP contribution in [0.25, 0.3) is 0 Å². The monoisotopic (exact) mass is 322 g/mol. The van der Waals surface area contributed by atoms with Gasteiger partial charge in [-0.1, -0.05) is 18.2 Å². The van der Waals surface area contributed by atoms with Crippen LogP contribution in [0.2, 0.25) is 0 Å². The number of carboxylic acids is 2. The van der Waals surface area contributed by atoms with Crippen molar-refractivity contribution in [2.45, 2.75) is 6.92 Å². The lowest BCUT2D eigenvalue weighted by molar-refractivity contribution is -0.134. The summed E-state index contributed by atoms with van der Waals surface area (Å²) in [5, 5.41) is 15.6. The number of hydrogen-bond donors (Lipinski definition) is 2. The van der Waals surface area contributed by atoms with Crippen molar-refractivity contribution in [3.05, 3.63) is 42.5 Å². The van der Waals surface area contributed by atoms with Gasteiger partial charge in [-0.2, -0.15) is 0 Å². The fourth-order valence-electron chi connectivity index (χ4n) is 1.52. The number of hydrogen-bond acceptors (Lipinski definition) is 4. The molecule has 0 aliphatic rings. The first-order chi connectivity index (χ1) is 10.7. The third-order valence-electron chi connectivity index (χ3n) is 2.59. The maximum Gasteiger partial charge on any atom is 0.328 e. The van der Waals surface area contributed by atoms with E-state index in [0.29, 0.717) is 12.2 Å². The normalized spacial score (nSPS) is 10.1. The van der Waals surface area contributed by atoms with Crippen molar-refractivity contribution in [2.24, 2.45) is 0 Å². The average molecular weight is 322 g/mol. The molecule has 0 radical (unpaired) electrons. The maximum atomic E-state index is 11.5. The fourth-order valence-corrected chi connectivity index (χ4v) is 1.52. The molecule has 0 saturated heterocycles. The number of para-hydroxylation sites is 1. The lowest BCUT2D eigenvalue weighted by atomic mass is 10.3. The molecule has 126 valence electrons. The molecule has 2 N–H and O–H groups in total. The fraction of sp³-hybridized carbons (Fsp3) is 0.312. The molecule has 0 heterocycles. The lowest BCUT2D eigenvalue weighted by Crippen LogP contribution is -2.35. The van der Waals surface area contributed by atoms with E-state index in [1.807, 2.05) is 44.4 Å². The zero-order valence-corrected chi connectivity index (χ0v) is 13.5. The minimum atomic E-state index is -1.26. The Morgan fingerprint density at radius 3 is 1.78 bits per heavy atom. The molecule has 0 bridgehead atoms. The highest BCUT2D eigenvalue weighted by Crippen LogP contribution is 2.12. The molecule has 1 aromatic rings. The summed E-state index contributed by atoms with van der Waals surface area (Å²) in [6.45, 7) is 3.20. The molecule has 1 aromatic carbocycles. The minimum Gasteiger partial charge on any atom is -0.478 e. The second-order valence-corrected chi connectivity index (χ2v) is 4.82. The number of rotatable bonds is 6. The minimum absolute atomic E-state index is 0.0862. The quantitative estimate of drug-likeness (QED) is 0.766. The number of carbonyl (C=O) groups excluding carboxylic acids is 1. The number of carboxylic acid groups (broad SMARTS) is 2. The molecule has 0 aliphatic heterocycles. The van der Waals surface area contributed by atoms with E-state index in [0.717, 1.165) is 18.8 Å². The van der Waals surface area contributed by atoms with Gasteiger partial charge >= 0.3 is 11.9 Å². The van der Waals surface area contributed by atoms with E-state index in [9.17, 15) is 14.4 Å². The number of carbonyl (C=O) groups is 3. The van der Waals surface area contributed by atoms with Crippen LogP contribution in [0.15, 0.2) is 42.5 Å². The predicted octanol–water partition coefficient (Wildman–Crippen LogP) is 1.31. The maximum absolute atomic E-state index is 11.5. The lowest BCUT2D eigenvalue weighted by Gasteiger charge is -2.22. The SMILES string of the molecule is CC(=O)N(CCN(C)C)c1ccccc1.O=C(O)/C=C/C(=O)O. The van der Waals surface area contributed by atoms with Gasteiger partial charge in [-0.05, 0) is 26.2 Å². The smallest absolute Gasteiger partial charge is 0.328 e. The summed E-state index contributed by atoms with van der Waals surface area (Å²) in [7, 11) is 4.01. The van der Waals surface area contributed by atoms with Crippen molar-refractivity contribution >= 4 is 23.5 Å². The Morgan fingerprint density at radius 2 is 1.43 bits per heavy atom. The molecule has 0 fully saturated rings. The van der Waals surface area contributed by atoms with Crippen molar-refractivity contribution in [1.82, 2.24) is 4.90 Å². The van der Waals surface area contributed by atoms with E-state index < -0.39 is 11.9 Å². The van der Waals surface area contributed by atoms with Crippen LogP contribution in [0, 0.1) is 0 Å². The van der Waals surface area contributed by atoms with Gasteiger partial charge in [0.15, 0.2) is 0 Å².